The molecule has 2 aromatic heterocycles. The number of benzene rings is 2. The molecule has 7 nitrogen and oxygen atoms in total. The summed E-state index contributed by atoms with van der Waals surface area (Å²) in [7, 11) is 0. The van der Waals surface area contributed by atoms with Crippen LogP contribution in [0.1, 0.15) is 35.9 Å². The van der Waals surface area contributed by atoms with Gasteiger partial charge in [-0.3, -0.25) is 0 Å². The lowest BCUT2D eigenvalue weighted by Gasteiger charge is -2.31. The number of halogens is 1. The Labute approximate surface area is 186 Å². The highest BCUT2D eigenvalue weighted by molar-refractivity contribution is 14.1. The quantitative estimate of drug-likeness (QED) is 0.403. The van der Waals surface area contributed by atoms with Gasteiger partial charge in [0.05, 0.1) is 5.39 Å². The number of aromatic nitrogens is 4. The maximum absolute atomic E-state index is 10.7. The Morgan fingerprint density at radius 3 is 2.60 bits per heavy atom. The van der Waals surface area contributed by atoms with E-state index in [-0.39, 0.29) is 6.04 Å². The van der Waals surface area contributed by atoms with E-state index in [1.165, 1.54) is 6.33 Å². The third-order valence-electron chi connectivity index (χ3n) is 5.26. The highest BCUT2D eigenvalue weighted by atomic mass is 127. The molecule has 8 heteroatoms. The minimum absolute atomic E-state index is 0.316. The molecule has 5 rings (SSSR count). The maximum atomic E-state index is 10.7. The zero-order chi connectivity index (χ0) is 20.8. The van der Waals surface area contributed by atoms with Gasteiger partial charge < -0.3 is 15.6 Å². The van der Waals surface area contributed by atoms with E-state index in [4.69, 9.17) is 10.5 Å². The molecule has 4 aromatic rings. The fourth-order valence-electron chi connectivity index (χ4n) is 3.82. The Bertz CT molecular complexity index is 1290. The summed E-state index contributed by atoms with van der Waals surface area (Å²) in [5, 5.41) is 16.1. The Balaban J connectivity index is 1.76. The number of nitrogens with two attached hydrogens (primary N) is 1. The minimum atomic E-state index is -1.06. The first-order valence-corrected chi connectivity index (χ1v) is 10.5. The van der Waals surface area contributed by atoms with Crippen molar-refractivity contribution in [3.8, 4) is 0 Å². The molecule has 2 atom stereocenters. The number of hydrogen-bond acceptors (Lipinski definition) is 6. The number of aliphatic hydroxyl groups excluding tert-OH is 1. The van der Waals surface area contributed by atoms with Crippen molar-refractivity contribution in [3.63, 3.8) is 0 Å². The molecular formula is C22H18IN5O2. The van der Waals surface area contributed by atoms with E-state index in [1.54, 1.807) is 0 Å². The zero-order valence-electron chi connectivity index (χ0n) is 16.0. The average molecular weight is 511 g/mol. The molecule has 0 spiro atoms. The molecule has 0 saturated heterocycles. The number of allylic oxidation sites excluding steroid dienone is 1. The number of aliphatic hydroxyl groups is 1. The van der Waals surface area contributed by atoms with Gasteiger partial charge in [0.25, 0.3) is 0 Å². The summed E-state index contributed by atoms with van der Waals surface area (Å²) in [4.78, 5) is 8.33. The van der Waals surface area contributed by atoms with Gasteiger partial charge >= 0.3 is 0 Å². The van der Waals surface area contributed by atoms with Gasteiger partial charge in [0.1, 0.15) is 27.6 Å². The smallest absolute Gasteiger partial charge is 0.224 e. The predicted molar refractivity (Wildman–Crippen MR) is 122 cm³/mol. The lowest BCUT2D eigenvalue weighted by Crippen LogP contribution is -2.21. The zero-order valence-corrected chi connectivity index (χ0v) is 18.2. The molecule has 0 saturated carbocycles. The Morgan fingerprint density at radius 2 is 1.83 bits per heavy atom. The monoisotopic (exact) mass is 511 g/mol. The van der Waals surface area contributed by atoms with Crippen LogP contribution in [0.5, 0.6) is 0 Å². The molecule has 0 fully saturated rings. The molecule has 3 heterocycles. The van der Waals surface area contributed by atoms with E-state index in [9.17, 15) is 5.11 Å². The van der Waals surface area contributed by atoms with Gasteiger partial charge in [-0.1, -0.05) is 54.6 Å². The highest BCUT2D eigenvalue weighted by Gasteiger charge is 2.32. The van der Waals surface area contributed by atoms with E-state index in [0.29, 0.717) is 22.6 Å². The first-order valence-electron chi connectivity index (χ1n) is 9.44. The Kier molecular flexibility index (Phi) is 4.67. The molecule has 30 heavy (non-hydrogen) atoms. The molecular weight excluding hydrogens is 493 g/mol. The van der Waals surface area contributed by atoms with Crippen LogP contribution in [-0.2, 0) is 4.74 Å². The lowest BCUT2D eigenvalue weighted by atomic mass is 9.89. The molecule has 2 aromatic carbocycles. The average Bonchev–Trinajstić information content (AvgIpc) is 3.11. The molecule has 3 N–H and O–H groups in total. The number of nitrogen functional groups attached to an aromatic ring is 1. The highest BCUT2D eigenvalue weighted by Crippen LogP contribution is 2.43. The molecule has 150 valence electrons. The first-order chi connectivity index (χ1) is 14.6. The molecule has 0 aliphatic carbocycles. The molecule has 2 unspecified atom stereocenters. The maximum Gasteiger partial charge on any atom is 0.224 e. The number of fused-ring (bicyclic) bond motifs is 2. The normalized spacial score (nSPS) is 17.0. The van der Waals surface area contributed by atoms with Gasteiger partial charge in [0, 0.05) is 11.1 Å². The SMILES string of the molecule is CC(C1=C(c2ccccc2)c2ccccc2C(O)O1)n1nc2ncnc(N)c2c1I. The van der Waals surface area contributed by atoms with E-state index in [2.05, 4.69) is 37.7 Å². The molecule has 0 amide bonds. The molecule has 0 radical (unpaired) electrons. The van der Waals surface area contributed by atoms with Crippen molar-refractivity contribution in [2.45, 2.75) is 19.3 Å². The van der Waals surface area contributed by atoms with Crippen LogP contribution in [-0.4, -0.2) is 24.9 Å². The number of nitrogens with zero attached hydrogens (tertiary/aromatic N) is 4. The van der Waals surface area contributed by atoms with E-state index >= 15 is 0 Å². The third kappa shape index (κ3) is 2.94. The van der Waals surface area contributed by atoms with Crippen molar-refractivity contribution in [1.29, 1.82) is 0 Å². The second-order valence-electron chi connectivity index (χ2n) is 7.03. The van der Waals surface area contributed by atoms with Crippen LogP contribution < -0.4 is 5.73 Å². The summed E-state index contributed by atoms with van der Waals surface area (Å²) in [5.41, 5.74) is 10.2. The fourth-order valence-corrected chi connectivity index (χ4v) is 4.86. The summed E-state index contributed by atoms with van der Waals surface area (Å²) in [5.74, 6) is 1.01. The van der Waals surface area contributed by atoms with Crippen LogP contribution in [0.15, 0.2) is 66.7 Å². The Hall–Kier alpha value is -2.98. The van der Waals surface area contributed by atoms with Crippen LogP contribution in [0.2, 0.25) is 0 Å². The van der Waals surface area contributed by atoms with Crippen LogP contribution in [0, 0.1) is 3.70 Å². The number of hydrogen-bond donors (Lipinski definition) is 2. The fraction of sp³-hybridized carbons (Fsp3) is 0.136. The van der Waals surface area contributed by atoms with Crippen molar-refractivity contribution in [2.75, 3.05) is 5.73 Å². The van der Waals surface area contributed by atoms with Gasteiger partial charge in [0.2, 0.25) is 6.29 Å². The number of rotatable bonds is 3. The first kappa shape index (κ1) is 19.0. The standard InChI is InChI=1S/C22H18IN5O2/c1-12(28-19(23)17-20(24)25-11-26-21(17)27-28)18-16(13-7-3-2-4-8-13)14-9-5-6-10-15(14)22(29)30-18/h2-12,22,29H,1H3,(H2,24,25,26,27). The second kappa shape index (κ2) is 7.37. The number of ether oxygens (including phenoxy) is 1. The van der Waals surface area contributed by atoms with Gasteiger partial charge in [-0.15, -0.1) is 0 Å². The van der Waals surface area contributed by atoms with Crippen LogP contribution in [0.3, 0.4) is 0 Å². The molecule has 0 bridgehead atoms. The summed E-state index contributed by atoms with van der Waals surface area (Å²) < 4.78 is 8.71. The largest absolute Gasteiger partial charge is 0.462 e. The lowest BCUT2D eigenvalue weighted by molar-refractivity contribution is -0.0781. The van der Waals surface area contributed by atoms with Gasteiger partial charge in [0.15, 0.2) is 5.65 Å². The minimum Gasteiger partial charge on any atom is -0.462 e. The van der Waals surface area contributed by atoms with Crippen LogP contribution in [0.4, 0.5) is 5.82 Å². The van der Waals surface area contributed by atoms with E-state index < -0.39 is 6.29 Å². The van der Waals surface area contributed by atoms with Crippen molar-refractivity contribution in [3.05, 3.63) is 87.1 Å². The van der Waals surface area contributed by atoms with E-state index in [0.717, 1.165) is 26.0 Å². The predicted octanol–water partition coefficient (Wildman–Crippen LogP) is 4.05. The van der Waals surface area contributed by atoms with Crippen molar-refractivity contribution >= 4 is 45.0 Å². The van der Waals surface area contributed by atoms with Crippen LogP contribution >= 0.6 is 22.6 Å². The summed E-state index contributed by atoms with van der Waals surface area (Å²) in [6.45, 7) is 1.98. The van der Waals surface area contributed by atoms with Gasteiger partial charge in [-0.2, -0.15) is 5.10 Å². The van der Waals surface area contributed by atoms with Crippen molar-refractivity contribution in [2.24, 2.45) is 0 Å². The third-order valence-corrected chi connectivity index (χ3v) is 6.29. The summed E-state index contributed by atoms with van der Waals surface area (Å²) in [6.07, 6.45) is 0.347. The Morgan fingerprint density at radius 1 is 1.10 bits per heavy atom. The van der Waals surface area contributed by atoms with Gasteiger partial charge in [-0.25, -0.2) is 14.6 Å². The second-order valence-corrected chi connectivity index (χ2v) is 8.05. The summed E-state index contributed by atoms with van der Waals surface area (Å²) in [6, 6.07) is 17.4. The van der Waals surface area contributed by atoms with Crippen molar-refractivity contribution < 1.29 is 9.84 Å². The van der Waals surface area contributed by atoms with Crippen LogP contribution in [0.25, 0.3) is 16.6 Å². The van der Waals surface area contributed by atoms with E-state index in [1.807, 2.05) is 66.2 Å². The van der Waals surface area contributed by atoms with Crippen molar-refractivity contribution in [1.82, 2.24) is 19.7 Å². The number of anilines is 1. The molecule has 1 aliphatic rings. The summed E-state index contributed by atoms with van der Waals surface area (Å²) >= 11 is 2.20. The molecule has 1 aliphatic heterocycles. The van der Waals surface area contributed by atoms with Gasteiger partial charge in [-0.05, 0) is 40.6 Å². The topological polar surface area (TPSA) is 99.1 Å².